The molecular formula is C19H15FN4O2. The Morgan fingerprint density at radius 2 is 2.00 bits per heavy atom. The summed E-state index contributed by atoms with van der Waals surface area (Å²) >= 11 is 0. The first kappa shape index (κ1) is 16.1. The minimum absolute atomic E-state index is 0.107. The van der Waals surface area contributed by atoms with E-state index in [9.17, 15) is 9.18 Å². The second-order valence-electron chi connectivity index (χ2n) is 6.10. The summed E-state index contributed by atoms with van der Waals surface area (Å²) in [5.41, 5.74) is 2.58. The van der Waals surface area contributed by atoms with Crippen LogP contribution in [0.2, 0.25) is 0 Å². The largest absolute Gasteiger partial charge is 0.443 e. The van der Waals surface area contributed by atoms with Crippen molar-refractivity contribution >= 4 is 22.7 Å². The number of fused-ring (bicyclic) bond motifs is 1. The number of piperazine rings is 1. The minimum atomic E-state index is -0.436. The molecule has 0 bridgehead atoms. The quantitative estimate of drug-likeness (QED) is 0.710. The van der Waals surface area contributed by atoms with Gasteiger partial charge < -0.3 is 14.2 Å². The van der Waals surface area contributed by atoms with Crippen LogP contribution in [0.15, 0.2) is 47.2 Å². The van der Waals surface area contributed by atoms with E-state index in [1.165, 1.54) is 18.5 Å². The van der Waals surface area contributed by atoms with Gasteiger partial charge >= 0.3 is 0 Å². The van der Waals surface area contributed by atoms with Crippen LogP contribution in [0.25, 0.3) is 11.1 Å². The van der Waals surface area contributed by atoms with E-state index in [0.717, 1.165) is 0 Å². The maximum atomic E-state index is 13.7. The van der Waals surface area contributed by atoms with Crippen molar-refractivity contribution < 1.29 is 13.6 Å². The number of halogens is 1. The lowest BCUT2D eigenvalue weighted by Crippen LogP contribution is -2.48. The summed E-state index contributed by atoms with van der Waals surface area (Å²) in [6, 6.07) is 11.6. The molecule has 2 aromatic carbocycles. The van der Waals surface area contributed by atoms with E-state index in [4.69, 9.17) is 9.68 Å². The summed E-state index contributed by atoms with van der Waals surface area (Å²) in [6.45, 7) is 2.13. The fourth-order valence-electron chi connectivity index (χ4n) is 3.21. The normalized spacial score (nSPS) is 14.5. The first-order chi connectivity index (χ1) is 12.7. The maximum absolute atomic E-state index is 13.7. The lowest BCUT2D eigenvalue weighted by atomic mass is 10.1. The SMILES string of the molecule is N#Cc1cc(F)cc(N2CCN(C(=O)c3cccc4ncoc34)CC2)c1. The smallest absolute Gasteiger partial charge is 0.257 e. The molecule has 3 aromatic rings. The highest BCUT2D eigenvalue weighted by Gasteiger charge is 2.25. The fraction of sp³-hybridized carbons (Fsp3) is 0.211. The first-order valence-electron chi connectivity index (χ1n) is 8.23. The average Bonchev–Trinajstić information content (AvgIpc) is 3.16. The van der Waals surface area contributed by atoms with Gasteiger partial charge in [-0.3, -0.25) is 4.79 Å². The van der Waals surface area contributed by atoms with E-state index in [1.807, 2.05) is 11.0 Å². The lowest BCUT2D eigenvalue weighted by molar-refractivity contribution is 0.0747. The summed E-state index contributed by atoms with van der Waals surface area (Å²) in [4.78, 5) is 20.6. The summed E-state index contributed by atoms with van der Waals surface area (Å²) < 4.78 is 19.0. The van der Waals surface area contributed by atoms with Gasteiger partial charge in [-0.1, -0.05) is 6.07 Å². The standard InChI is InChI=1S/C19H15FN4O2/c20-14-8-13(11-21)9-15(10-14)23-4-6-24(7-5-23)19(25)16-2-1-3-17-18(16)26-12-22-17/h1-3,8-10,12H,4-7H2. The van der Waals surface area contributed by atoms with Crippen LogP contribution in [-0.4, -0.2) is 42.0 Å². The van der Waals surface area contributed by atoms with Gasteiger partial charge in [-0.05, 0) is 30.3 Å². The molecule has 26 heavy (non-hydrogen) atoms. The van der Waals surface area contributed by atoms with Gasteiger partial charge in [0.2, 0.25) is 0 Å². The Kier molecular flexibility index (Phi) is 4.01. The number of rotatable bonds is 2. The molecule has 0 spiro atoms. The summed E-state index contributed by atoms with van der Waals surface area (Å²) in [6.07, 6.45) is 1.33. The number of aromatic nitrogens is 1. The van der Waals surface area contributed by atoms with Gasteiger partial charge in [-0.2, -0.15) is 5.26 Å². The van der Waals surface area contributed by atoms with Crippen molar-refractivity contribution in [1.29, 1.82) is 5.26 Å². The summed E-state index contributed by atoms with van der Waals surface area (Å²) in [5.74, 6) is -0.543. The van der Waals surface area contributed by atoms with E-state index in [0.29, 0.717) is 48.5 Å². The predicted molar refractivity (Wildman–Crippen MR) is 93.2 cm³/mol. The van der Waals surface area contributed by atoms with E-state index >= 15 is 0 Å². The molecule has 0 N–H and O–H groups in total. The Hall–Kier alpha value is -3.40. The van der Waals surface area contributed by atoms with Gasteiger partial charge in [0.25, 0.3) is 5.91 Å². The molecule has 0 atom stereocenters. The Labute approximate surface area is 149 Å². The zero-order chi connectivity index (χ0) is 18.1. The highest BCUT2D eigenvalue weighted by molar-refractivity contribution is 6.04. The van der Waals surface area contributed by atoms with Crippen LogP contribution in [0.4, 0.5) is 10.1 Å². The lowest BCUT2D eigenvalue weighted by Gasteiger charge is -2.36. The molecule has 1 amide bonds. The van der Waals surface area contributed by atoms with Crippen LogP contribution >= 0.6 is 0 Å². The Morgan fingerprint density at radius 1 is 1.19 bits per heavy atom. The first-order valence-corrected chi connectivity index (χ1v) is 8.23. The van der Waals surface area contributed by atoms with E-state index in [1.54, 1.807) is 29.2 Å². The van der Waals surface area contributed by atoms with E-state index in [2.05, 4.69) is 4.98 Å². The zero-order valence-corrected chi connectivity index (χ0v) is 13.9. The number of hydrogen-bond donors (Lipinski definition) is 0. The number of hydrogen-bond acceptors (Lipinski definition) is 5. The van der Waals surface area contributed by atoms with Crippen LogP contribution < -0.4 is 4.90 Å². The highest BCUT2D eigenvalue weighted by Crippen LogP contribution is 2.23. The monoisotopic (exact) mass is 350 g/mol. The highest BCUT2D eigenvalue weighted by atomic mass is 19.1. The van der Waals surface area contributed by atoms with Crippen molar-refractivity contribution in [3.05, 3.63) is 59.7 Å². The molecule has 1 fully saturated rings. The third-order valence-corrected chi connectivity index (χ3v) is 4.53. The maximum Gasteiger partial charge on any atom is 0.257 e. The average molecular weight is 350 g/mol. The Bertz CT molecular complexity index is 1020. The number of oxazole rings is 1. The molecule has 0 unspecified atom stereocenters. The van der Waals surface area contributed by atoms with Crippen LogP contribution in [-0.2, 0) is 0 Å². The molecule has 1 aromatic heterocycles. The molecule has 0 radical (unpaired) electrons. The predicted octanol–water partition coefficient (Wildman–Crippen LogP) is 2.80. The third kappa shape index (κ3) is 2.86. The molecule has 4 rings (SSSR count). The summed E-state index contributed by atoms with van der Waals surface area (Å²) in [7, 11) is 0. The van der Waals surface area contributed by atoms with E-state index < -0.39 is 5.82 Å². The second kappa shape index (κ2) is 6.48. The molecule has 1 aliphatic rings. The van der Waals surface area contributed by atoms with Gasteiger partial charge in [0.1, 0.15) is 11.3 Å². The fourth-order valence-corrected chi connectivity index (χ4v) is 3.21. The van der Waals surface area contributed by atoms with Gasteiger partial charge in [0.05, 0.1) is 17.2 Å². The molecule has 2 heterocycles. The zero-order valence-electron chi connectivity index (χ0n) is 13.9. The van der Waals surface area contributed by atoms with Crippen molar-refractivity contribution in [2.75, 3.05) is 31.1 Å². The van der Waals surface area contributed by atoms with Crippen molar-refractivity contribution in [1.82, 2.24) is 9.88 Å². The Balaban J connectivity index is 1.50. The molecular weight excluding hydrogens is 335 g/mol. The van der Waals surface area contributed by atoms with Crippen LogP contribution in [0.5, 0.6) is 0 Å². The summed E-state index contributed by atoms with van der Waals surface area (Å²) in [5, 5.41) is 8.99. The second-order valence-corrected chi connectivity index (χ2v) is 6.10. The van der Waals surface area contributed by atoms with Crippen LogP contribution in [0.3, 0.4) is 0 Å². The van der Waals surface area contributed by atoms with E-state index in [-0.39, 0.29) is 11.5 Å². The topological polar surface area (TPSA) is 73.4 Å². The number of amides is 1. The van der Waals surface area contributed by atoms with Gasteiger partial charge in [0, 0.05) is 31.9 Å². The number of carbonyl (C=O) groups is 1. The number of nitriles is 1. The molecule has 0 saturated carbocycles. The van der Waals surface area contributed by atoms with Crippen molar-refractivity contribution in [2.45, 2.75) is 0 Å². The molecule has 1 aliphatic heterocycles. The van der Waals surface area contributed by atoms with Gasteiger partial charge in [0.15, 0.2) is 12.0 Å². The van der Waals surface area contributed by atoms with Crippen molar-refractivity contribution in [3.8, 4) is 6.07 Å². The number of anilines is 1. The molecule has 1 saturated heterocycles. The van der Waals surface area contributed by atoms with Crippen molar-refractivity contribution in [3.63, 3.8) is 0 Å². The van der Waals surface area contributed by atoms with Gasteiger partial charge in [-0.25, -0.2) is 9.37 Å². The number of carbonyl (C=O) groups excluding carboxylic acids is 1. The van der Waals surface area contributed by atoms with Crippen molar-refractivity contribution in [2.24, 2.45) is 0 Å². The number of nitrogens with zero attached hydrogens (tertiary/aromatic N) is 4. The number of para-hydroxylation sites is 1. The molecule has 7 heteroatoms. The third-order valence-electron chi connectivity index (χ3n) is 4.53. The minimum Gasteiger partial charge on any atom is -0.443 e. The number of benzene rings is 2. The van der Waals surface area contributed by atoms with Gasteiger partial charge in [-0.15, -0.1) is 0 Å². The molecule has 0 aliphatic carbocycles. The molecule has 130 valence electrons. The van der Waals surface area contributed by atoms with Crippen LogP contribution in [0, 0.1) is 17.1 Å². The van der Waals surface area contributed by atoms with Crippen LogP contribution in [0.1, 0.15) is 15.9 Å². The molecule has 6 nitrogen and oxygen atoms in total. The Morgan fingerprint density at radius 3 is 2.77 bits per heavy atom.